The van der Waals surface area contributed by atoms with Crippen molar-refractivity contribution < 1.29 is 18.9 Å². The molecule has 0 aliphatic heterocycles. The van der Waals surface area contributed by atoms with E-state index in [1.165, 1.54) is 19.3 Å². The molecule has 0 saturated carbocycles. The number of unbranched alkanes of at least 4 members (excludes halogenated alkanes) is 3. The quantitative estimate of drug-likeness (QED) is 0.304. The molecule has 0 aromatic rings. The Morgan fingerprint density at radius 2 is 1.56 bits per heavy atom. The van der Waals surface area contributed by atoms with Crippen molar-refractivity contribution in [3.05, 3.63) is 11.7 Å². The van der Waals surface area contributed by atoms with E-state index in [0.29, 0.717) is 19.2 Å². The first-order valence-corrected chi connectivity index (χ1v) is 6.90. The molecule has 4 nitrogen and oxygen atoms in total. The summed E-state index contributed by atoms with van der Waals surface area (Å²) in [4.78, 5) is 0. The summed E-state index contributed by atoms with van der Waals surface area (Å²) in [5.41, 5.74) is 0. The van der Waals surface area contributed by atoms with Crippen LogP contribution >= 0.6 is 0 Å². The first kappa shape index (κ1) is 17.1. The summed E-state index contributed by atoms with van der Waals surface area (Å²) in [6.45, 7) is 7.46. The van der Waals surface area contributed by atoms with E-state index in [-0.39, 0.29) is 6.79 Å². The fourth-order valence-corrected chi connectivity index (χ4v) is 1.57. The number of rotatable bonds is 12. The SMILES string of the molecule is CCCCCC/C(OCC)=C(\OCC)OCOC. The molecule has 0 radical (unpaired) electrons. The highest BCUT2D eigenvalue weighted by Crippen LogP contribution is 2.18. The minimum atomic E-state index is 0.181. The molecule has 0 bridgehead atoms. The van der Waals surface area contributed by atoms with Gasteiger partial charge in [-0.2, -0.15) is 0 Å². The van der Waals surface area contributed by atoms with Crippen LogP contribution in [0.2, 0.25) is 0 Å². The van der Waals surface area contributed by atoms with Gasteiger partial charge in [0.2, 0.25) is 0 Å². The maximum atomic E-state index is 5.61. The maximum Gasteiger partial charge on any atom is 0.321 e. The second kappa shape index (κ2) is 12.6. The van der Waals surface area contributed by atoms with Gasteiger partial charge < -0.3 is 18.9 Å². The Bertz CT molecular complexity index is 214. The molecule has 0 aliphatic carbocycles. The molecular weight excluding hydrogens is 232 g/mol. The molecule has 0 saturated heterocycles. The van der Waals surface area contributed by atoms with Crippen LogP contribution in [0.5, 0.6) is 0 Å². The van der Waals surface area contributed by atoms with Gasteiger partial charge in [-0.3, -0.25) is 0 Å². The van der Waals surface area contributed by atoms with Gasteiger partial charge in [0.05, 0.1) is 13.2 Å². The Labute approximate surface area is 111 Å². The predicted molar refractivity (Wildman–Crippen MR) is 72.0 cm³/mol. The number of ether oxygens (including phenoxy) is 4. The van der Waals surface area contributed by atoms with E-state index >= 15 is 0 Å². The fourth-order valence-electron chi connectivity index (χ4n) is 1.57. The zero-order valence-corrected chi connectivity index (χ0v) is 12.3. The molecule has 0 aromatic carbocycles. The molecule has 0 rings (SSSR count). The first-order valence-electron chi connectivity index (χ1n) is 6.90. The largest absolute Gasteiger partial charge is 0.491 e. The van der Waals surface area contributed by atoms with E-state index in [9.17, 15) is 0 Å². The maximum absolute atomic E-state index is 5.61. The molecule has 0 spiro atoms. The lowest BCUT2D eigenvalue weighted by Crippen LogP contribution is -2.07. The summed E-state index contributed by atoms with van der Waals surface area (Å²) in [6.07, 6.45) is 5.63. The van der Waals surface area contributed by atoms with Crippen molar-refractivity contribution >= 4 is 0 Å². The van der Waals surface area contributed by atoms with Gasteiger partial charge in [-0.05, 0) is 20.3 Å². The van der Waals surface area contributed by atoms with Crippen LogP contribution in [0.3, 0.4) is 0 Å². The Morgan fingerprint density at radius 3 is 2.11 bits per heavy atom. The van der Waals surface area contributed by atoms with E-state index in [2.05, 4.69) is 6.92 Å². The van der Waals surface area contributed by atoms with Crippen LogP contribution in [-0.4, -0.2) is 27.1 Å². The molecule has 0 fully saturated rings. The monoisotopic (exact) mass is 260 g/mol. The zero-order chi connectivity index (χ0) is 13.6. The lowest BCUT2D eigenvalue weighted by Gasteiger charge is -2.15. The molecule has 0 unspecified atom stereocenters. The van der Waals surface area contributed by atoms with E-state index in [4.69, 9.17) is 18.9 Å². The van der Waals surface area contributed by atoms with Gasteiger partial charge in [-0.1, -0.05) is 26.2 Å². The van der Waals surface area contributed by atoms with Crippen molar-refractivity contribution in [3.63, 3.8) is 0 Å². The number of methoxy groups -OCH3 is 1. The molecule has 0 N–H and O–H groups in total. The van der Waals surface area contributed by atoms with Gasteiger partial charge in [0.1, 0.15) is 0 Å². The van der Waals surface area contributed by atoms with Gasteiger partial charge in [0.15, 0.2) is 12.6 Å². The molecule has 0 aromatic heterocycles. The fraction of sp³-hybridized carbons (Fsp3) is 0.857. The lowest BCUT2D eigenvalue weighted by atomic mass is 10.1. The number of hydrogen-bond acceptors (Lipinski definition) is 4. The van der Waals surface area contributed by atoms with E-state index in [0.717, 1.165) is 18.6 Å². The van der Waals surface area contributed by atoms with Crippen molar-refractivity contribution in [2.45, 2.75) is 52.9 Å². The summed E-state index contributed by atoms with van der Waals surface area (Å²) in [7, 11) is 1.59. The first-order chi connectivity index (χ1) is 8.79. The zero-order valence-electron chi connectivity index (χ0n) is 12.3. The molecule has 0 aliphatic rings. The van der Waals surface area contributed by atoms with Crippen LogP contribution in [0, 0.1) is 0 Å². The van der Waals surface area contributed by atoms with Gasteiger partial charge in [-0.15, -0.1) is 0 Å². The van der Waals surface area contributed by atoms with Crippen molar-refractivity contribution in [3.8, 4) is 0 Å². The Balaban J connectivity index is 4.40. The normalized spacial score (nSPS) is 12.0. The Kier molecular flexibility index (Phi) is 11.9. The molecule has 0 atom stereocenters. The van der Waals surface area contributed by atoms with Crippen LogP contribution in [0.15, 0.2) is 11.7 Å². The summed E-state index contributed by atoms with van der Waals surface area (Å²) >= 11 is 0. The van der Waals surface area contributed by atoms with Gasteiger partial charge in [-0.25, -0.2) is 0 Å². The third-order valence-corrected chi connectivity index (χ3v) is 2.39. The number of allylic oxidation sites excluding steroid dienone is 1. The van der Waals surface area contributed by atoms with E-state index in [1.54, 1.807) is 7.11 Å². The Hall–Kier alpha value is -0.900. The lowest BCUT2D eigenvalue weighted by molar-refractivity contribution is -0.0663. The van der Waals surface area contributed by atoms with Crippen LogP contribution in [0.4, 0.5) is 0 Å². The second-order valence-corrected chi connectivity index (χ2v) is 3.94. The van der Waals surface area contributed by atoms with Crippen molar-refractivity contribution in [2.75, 3.05) is 27.1 Å². The van der Waals surface area contributed by atoms with Crippen LogP contribution in [-0.2, 0) is 18.9 Å². The van der Waals surface area contributed by atoms with Crippen LogP contribution < -0.4 is 0 Å². The summed E-state index contributed by atoms with van der Waals surface area (Å²) in [6, 6.07) is 0. The minimum absolute atomic E-state index is 0.181. The molecule has 0 heterocycles. The summed E-state index contributed by atoms with van der Waals surface area (Å²) in [5.74, 6) is 1.27. The molecule has 4 heteroatoms. The average molecular weight is 260 g/mol. The minimum Gasteiger partial charge on any atom is -0.491 e. The highest BCUT2D eigenvalue weighted by Gasteiger charge is 2.11. The molecular formula is C14H28O4. The molecule has 108 valence electrons. The second-order valence-electron chi connectivity index (χ2n) is 3.94. The summed E-state index contributed by atoms with van der Waals surface area (Å²) < 4.78 is 21.4. The van der Waals surface area contributed by atoms with Crippen LogP contribution in [0.1, 0.15) is 52.9 Å². The summed E-state index contributed by atoms with van der Waals surface area (Å²) in [5, 5.41) is 0. The third kappa shape index (κ3) is 8.23. The third-order valence-electron chi connectivity index (χ3n) is 2.39. The van der Waals surface area contributed by atoms with E-state index in [1.807, 2.05) is 13.8 Å². The van der Waals surface area contributed by atoms with Crippen LogP contribution in [0.25, 0.3) is 0 Å². The van der Waals surface area contributed by atoms with E-state index < -0.39 is 0 Å². The topological polar surface area (TPSA) is 36.9 Å². The van der Waals surface area contributed by atoms with Gasteiger partial charge >= 0.3 is 5.95 Å². The highest BCUT2D eigenvalue weighted by molar-refractivity contribution is 4.95. The molecule has 18 heavy (non-hydrogen) atoms. The highest BCUT2D eigenvalue weighted by atomic mass is 16.7. The van der Waals surface area contributed by atoms with Gasteiger partial charge in [0, 0.05) is 13.5 Å². The van der Waals surface area contributed by atoms with Crippen molar-refractivity contribution in [1.29, 1.82) is 0 Å². The predicted octanol–water partition coefficient (Wildman–Crippen LogP) is 3.82. The standard InChI is InChI=1S/C14H28O4/c1-5-8-9-10-11-13(16-6-2)14(17-7-3)18-12-15-4/h5-12H2,1-4H3/b14-13-. The molecule has 0 amide bonds. The van der Waals surface area contributed by atoms with Crippen molar-refractivity contribution in [2.24, 2.45) is 0 Å². The smallest absolute Gasteiger partial charge is 0.321 e. The Morgan fingerprint density at radius 1 is 0.833 bits per heavy atom. The number of hydrogen-bond donors (Lipinski definition) is 0. The van der Waals surface area contributed by atoms with Crippen molar-refractivity contribution in [1.82, 2.24) is 0 Å². The average Bonchev–Trinajstić information content (AvgIpc) is 2.38. The van der Waals surface area contributed by atoms with Gasteiger partial charge in [0.25, 0.3) is 0 Å².